The van der Waals surface area contributed by atoms with Crippen LogP contribution in [-0.2, 0) is 0 Å². The van der Waals surface area contributed by atoms with E-state index in [-0.39, 0.29) is 17.4 Å². The number of fused-ring (bicyclic) bond motifs is 1. The largest absolute Gasteiger partial charge is 0.368 e. The molecule has 0 aliphatic carbocycles. The van der Waals surface area contributed by atoms with Crippen LogP contribution in [0.3, 0.4) is 0 Å². The normalized spacial score (nSPS) is 15.6. The molecule has 0 saturated carbocycles. The van der Waals surface area contributed by atoms with Crippen LogP contribution in [0.4, 0.5) is 33.6 Å². The van der Waals surface area contributed by atoms with Gasteiger partial charge in [-0.15, -0.1) is 0 Å². The summed E-state index contributed by atoms with van der Waals surface area (Å²) in [5.74, 6) is 1.59. The number of urea groups is 1. The fourth-order valence-corrected chi connectivity index (χ4v) is 5.29. The van der Waals surface area contributed by atoms with Gasteiger partial charge in [0, 0.05) is 69.5 Å². The molecule has 3 aromatic carbocycles. The summed E-state index contributed by atoms with van der Waals surface area (Å²) >= 11 is 0. The van der Waals surface area contributed by atoms with Gasteiger partial charge in [0.05, 0.1) is 10.4 Å². The second kappa shape index (κ2) is 11.5. The summed E-state index contributed by atoms with van der Waals surface area (Å²) in [5.41, 5.74) is 7.51. The first-order chi connectivity index (χ1) is 20.1. The van der Waals surface area contributed by atoms with Crippen LogP contribution in [0.15, 0.2) is 78.9 Å². The summed E-state index contributed by atoms with van der Waals surface area (Å²) in [6.45, 7) is 5.59. The molecule has 0 atom stereocenters. The molecule has 12 nitrogen and oxygen atoms in total. The molecule has 0 radical (unpaired) electrons. The van der Waals surface area contributed by atoms with Crippen LogP contribution < -0.4 is 25.6 Å². The Morgan fingerprint density at radius 2 is 1.37 bits per heavy atom. The van der Waals surface area contributed by atoms with Crippen molar-refractivity contribution >= 4 is 45.8 Å². The number of carbonyl (C=O) groups is 1. The lowest BCUT2D eigenvalue weighted by Crippen LogP contribution is -2.53. The maximum atomic E-state index is 12.8. The molecular weight excluding hydrogens is 522 g/mol. The maximum Gasteiger partial charge on any atom is 0.336 e. The first-order valence-corrected chi connectivity index (χ1v) is 13.7. The van der Waals surface area contributed by atoms with Crippen molar-refractivity contribution in [1.29, 1.82) is 0 Å². The molecule has 2 N–H and O–H groups in total. The van der Waals surface area contributed by atoms with E-state index in [1.165, 1.54) is 11.8 Å². The van der Waals surface area contributed by atoms with Crippen LogP contribution >= 0.6 is 0 Å². The summed E-state index contributed by atoms with van der Waals surface area (Å²) in [4.78, 5) is 42.0. The zero-order chi connectivity index (χ0) is 28.2. The molecule has 210 valence electrons. The molecule has 0 unspecified atom stereocenters. The van der Waals surface area contributed by atoms with Gasteiger partial charge in [-0.25, -0.2) is 9.78 Å². The summed E-state index contributed by atoms with van der Waals surface area (Å²) in [6.07, 6.45) is 0. The van der Waals surface area contributed by atoms with Crippen molar-refractivity contribution in [2.45, 2.75) is 0 Å². The molecule has 2 aliphatic rings. The molecule has 4 aromatic rings. The number of hydrogen-bond donors (Lipinski definition) is 2. The topological polar surface area (TPSA) is 123 Å². The van der Waals surface area contributed by atoms with E-state index in [1.54, 1.807) is 23.1 Å². The molecule has 2 amide bonds. The number of para-hydroxylation sites is 4. The lowest BCUT2D eigenvalue weighted by Gasteiger charge is -2.38. The smallest absolute Gasteiger partial charge is 0.336 e. The molecular formula is C29H31N9O3. The first-order valence-electron chi connectivity index (χ1n) is 13.7. The van der Waals surface area contributed by atoms with Crippen LogP contribution in [0, 0.1) is 10.1 Å². The molecule has 0 bridgehead atoms. The Balaban J connectivity index is 1.12. The molecule has 1 aromatic heterocycles. The molecule has 2 fully saturated rings. The van der Waals surface area contributed by atoms with Crippen LogP contribution in [0.1, 0.15) is 0 Å². The van der Waals surface area contributed by atoms with E-state index >= 15 is 0 Å². The number of hydrogen-bond acceptors (Lipinski definition) is 9. The van der Waals surface area contributed by atoms with Crippen LogP contribution in [0.2, 0.25) is 0 Å². The van der Waals surface area contributed by atoms with Gasteiger partial charge in [0.2, 0.25) is 5.95 Å². The second-order valence-electron chi connectivity index (χ2n) is 9.98. The lowest BCUT2D eigenvalue weighted by molar-refractivity contribution is -0.384. The van der Waals surface area contributed by atoms with Gasteiger partial charge in [-0.3, -0.25) is 21.0 Å². The Hall–Kier alpha value is -5.13. The minimum Gasteiger partial charge on any atom is -0.368 e. The lowest BCUT2D eigenvalue weighted by atomic mass is 10.2. The third kappa shape index (κ3) is 5.62. The summed E-state index contributed by atoms with van der Waals surface area (Å²) < 4.78 is 0. The van der Waals surface area contributed by atoms with Gasteiger partial charge in [-0.05, 0) is 30.3 Å². The maximum absolute atomic E-state index is 12.8. The summed E-state index contributed by atoms with van der Waals surface area (Å²) in [6, 6.07) is 24.4. The van der Waals surface area contributed by atoms with Crippen LogP contribution in [0.25, 0.3) is 10.9 Å². The van der Waals surface area contributed by atoms with Crippen LogP contribution in [0.5, 0.6) is 0 Å². The predicted molar refractivity (Wildman–Crippen MR) is 159 cm³/mol. The van der Waals surface area contributed by atoms with Gasteiger partial charge in [0.25, 0.3) is 5.69 Å². The zero-order valence-corrected chi connectivity index (χ0v) is 22.5. The second-order valence-corrected chi connectivity index (χ2v) is 9.98. The fraction of sp³-hybridized carbons (Fsp3) is 0.276. The van der Waals surface area contributed by atoms with E-state index in [0.29, 0.717) is 32.1 Å². The van der Waals surface area contributed by atoms with E-state index in [9.17, 15) is 14.9 Å². The van der Waals surface area contributed by atoms with Crippen molar-refractivity contribution < 1.29 is 9.72 Å². The first kappa shape index (κ1) is 26.1. The van der Waals surface area contributed by atoms with Crippen molar-refractivity contribution in [3.05, 3.63) is 89.0 Å². The third-order valence-electron chi connectivity index (χ3n) is 7.53. The van der Waals surface area contributed by atoms with Gasteiger partial charge in [-0.1, -0.05) is 42.5 Å². The van der Waals surface area contributed by atoms with Crippen molar-refractivity contribution in [2.24, 2.45) is 0 Å². The van der Waals surface area contributed by atoms with E-state index in [4.69, 9.17) is 9.97 Å². The van der Waals surface area contributed by atoms with Gasteiger partial charge in [-0.2, -0.15) is 4.98 Å². The Morgan fingerprint density at radius 3 is 2.12 bits per heavy atom. The van der Waals surface area contributed by atoms with Gasteiger partial charge >= 0.3 is 6.03 Å². The number of nitro groups is 1. The van der Waals surface area contributed by atoms with Crippen molar-refractivity contribution in [1.82, 2.24) is 20.3 Å². The SMILES string of the molecule is O=C(NNc1ccccc1[N+](=O)[O-])N1CCN(c2nc(N3CCN(c4ccccc4)CC3)c3ccccc3n2)CC1. The van der Waals surface area contributed by atoms with Crippen molar-refractivity contribution in [3.8, 4) is 0 Å². The average Bonchev–Trinajstić information content (AvgIpc) is 3.04. The number of aromatic nitrogens is 2. The molecule has 6 rings (SSSR count). The Labute approximate surface area is 237 Å². The number of anilines is 4. The quantitative estimate of drug-likeness (QED) is 0.272. The monoisotopic (exact) mass is 553 g/mol. The highest BCUT2D eigenvalue weighted by molar-refractivity contribution is 5.90. The Kier molecular flexibility index (Phi) is 7.35. The molecule has 12 heteroatoms. The minimum atomic E-state index is -0.492. The van der Waals surface area contributed by atoms with E-state index in [1.807, 2.05) is 24.3 Å². The molecule has 0 spiro atoms. The third-order valence-corrected chi connectivity index (χ3v) is 7.53. The highest BCUT2D eigenvalue weighted by atomic mass is 16.6. The molecule has 2 saturated heterocycles. The number of carbonyl (C=O) groups excluding carboxylic acids is 1. The molecule has 41 heavy (non-hydrogen) atoms. The predicted octanol–water partition coefficient (Wildman–Crippen LogP) is 3.72. The number of nitro benzene ring substituents is 1. The van der Waals surface area contributed by atoms with Gasteiger partial charge in [0.15, 0.2) is 0 Å². The van der Waals surface area contributed by atoms with Gasteiger partial charge < -0.3 is 19.6 Å². The van der Waals surface area contributed by atoms with Crippen molar-refractivity contribution in [2.75, 3.05) is 72.5 Å². The van der Waals surface area contributed by atoms with Gasteiger partial charge in [0.1, 0.15) is 11.5 Å². The highest BCUT2D eigenvalue weighted by Crippen LogP contribution is 2.29. The average molecular weight is 554 g/mol. The number of hydrazine groups is 1. The van der Waals surface area contributed by atoms with Crippen LogP contribution in [-0.4, -0.2) is 78.2 Å². The Morgan fingerprint density at radius 1 is 0.732 bits per heavy atom. The minimum absolute atomic E-state index is 0.108. The highest BCUT2D eigenvalue weighted by Gasteiger charge is 2.26. The standard InChI is InChI=1S/C29H31N9O3/c39-29(33-32-25-12-6-7-13-26(25)38(40)41)37-20-18-36(19-21-37)28-30-24-11-5-4-10-23(24)27(31-28)35-16-14-34(15-17-35)22-8-2-1-3-9-22/h1-13,32H,14-21H2,(H,33,39). The molecule has 2 aliphatic heterocycles. The summed E-state index contributed by atoms with van der Waals surface area (Å²) in [7, 11) is 0. The number of piperazine rings is 2. The van der Waals surface area contributed by atoms with Crippen molar-refractivity contribution in [3.63, 3.8) is 0 Å². The van der Waals surface area contributed by atoms with E-state index in [2.05, 4.69) is 55.9 Å². The number of amides is 2. The number of nitrogens with one attached hydrogen (secondary N) is 2. The Bertz CT molecular complexity index is 1540. The number of benzene rings is 3. The van der Waals surface area contributed by atoms with E-state index < -0.39 is 4.92 Å². The fourth-order valence-electron chi connectivity index (χ4n) is 5.29. The number of rotatable bonds is 6. The zero-order valence-electron chi connectivity index (χ0n) is 22.5. The molecule has 3 heterocycles. The number of nitrogens with zero attached hydrogens (tertiary/aromatic N) is 7. The summed E-state index contributed by atoms with van der Waals surface area (Å²) in [5, 5.41) is 12.3. The van der Waals surface area contributed by atoms with E-state index in [0.717, 1.165) is 42.9 Å².